The normalized spacial score (nSPS) is 16.2. The number of nitrogens with zero attached hydrogens (tertiary/aromatic N) is 3. The number of thiocarbonyl (C=S) groups is 1. The third-order valence-electron chi connectivity index (χ3n) is 6.15. The SMILES string of the molecule is CC1=C(c2nc(-c3cccs3)no2)C(c2ccc(C)c(C)c2)NC(=S)N1c1ccc(F)c(C)c1. The molecule has 0 saturated carbocycles. The van der Waals surface area contributed by atoms with Gasteiger partial charge < -0.3 is 9.84 Å². The van der Waals surface area contributed by atoms with E-state index in [-0.39, 0.29) is 11.9 Å². The lowest BCUT2D eigenvalue weighted by molar-refractivity contribution is 0.404. The Hall–Kier alpha value is -3.36. The molecule has 1 N–H and O–H groups in total. The first kappa shape index (κ1) is 22.4. The maximum Gasteiger partial charge on any atom is 0.258 e. The molecule has 0 spiro atoms. The summed E-state index contributed by atoms with van der Waals surface area (Å²) in [6.45, 7) is 7.89. The minimum atomic E-state index is -0.277. The minimum Gasteiger partial charge on any atom is -0.351 e. The van der Waals surface area contributed by atoms with Crippen molar-refractivity contribution in [1.82, 2.24) is 15.5 Å². The van der Waals surface area contributed by atoms with Crippen LogP contribution in [0.5, 0.6) is 0 Å². The summed E-state index contributed by atoms with van der Waals surface area (Å²) in [7, 11) is 0. The van der Waals surface area contributed by atoms with Crippen LogP contribution in [0.2, 0.25) is 0 Å². The maximum absolute atomic E-state index is 14.0. The fraction of sp³-hybridized carbons (Fsp3) is 0.192. The first-order valence-corrected chi connectivity index (χ1v) is 12.1. The second kappa shape index (κ2) is 8.77. The highest BCUT2D eigenvalue weighted by molar-refractivity contribution is 7.80. The highest BCUT2D eigenvalue weighted by Gasteiger charge is 2.35. The predicted octanol–water partition coefficient (Wildman–Crippen LogP) is 6.73. The van der Waals surface area contributed by atoms with Crippen LogP contribution in [-0.4, -0.2) is 15.3 Å². The molecule has 0 amide bonds. The van der Waals surface area contributed by atoms with Gasteiger partial charge in [0.05, 0.1) is 16.5 Å². The van der Waals surface area contributed by atoms with Gasteiger partial charge in [0.25, 0.3) is 5.89 Å². The summed E-state index contributed by atoms with van der Waals surface area (Å²) in [5.41, 5.74) is 6.43. The number of allylic oxidation sites excluding steroid dienone is 1. The van der Waals surface area contributed by atoms with Crippen molar-refractivity contribution in [2.45, 2.75) is 33.7 Å². The van der Waals surface area contributed by atoms with E-state index in [2.05, 4.69) is 42.5 Å². The largest absolute Gasteiger partial charge is 0.351 e. The fourth-order valence-corrected chi connectivity index (χ4v) is 5.14. The molecule has 5 nitrogen and oxygen atoms in total. The number of rotatable bonds is 4. The van der Waals surface area contributed by atoms with Crippen LogP contribution in [0.3, 0.4) is 0 Å². The number of halogens is 1. The van der Waals surface area contributed by atoms with Gasteiger partial charge in [-0.05, 0) is 91.8 Å². The Kier molecular flexibility index (Phi) is 5.79. The number of aryl methyl sites for hydroxylation is 3. The van der Waals surface area contributed by atoms with Crippen LogP contribution in [-0.2, 0) is 0 Å². The molecular formula is C26H23FN4OS2. The number of thiophene rings is 1. The van der Waals surface area contributed by atoms with Crippen LogP contribution >= 0.6 is 23.6 Å². The third-order valence-corrected chi connectivity index (χ3v) is 7.31. The van der Waals surface area contributed by atoms with Crippen molar-refractivity contribution in [3.05, 3.63) is 93.6 Å². The van der Waals surface area contributed by atoms with E-state index in [1.54, 1.807) is 30.4 Å². The molecule has 0 radical (unpaired) electrons. The molecule has 2 aromatic carbocycles. The van der Waals surface area contributed by atoms with Gasteiger partial charge in [0.2, 0.25) is 5.82 Å². The molecule has 1 aliphatic rings. The molecule has 1 atom stereocenters. The average Bonchev–Trinajstić information content (AvgIpc) is 3.50. The molecule has 0 fully saturated rings. The molecule has 0 aliphatic carbocycles. The van der Waals surface area contributed by atoms with Crippen molar-refractivity contribution in [2.75, 3.05) is 4.90 Å². The lowest BCUT2D eigenvalue weighted by Crippen LogP contribution is -2.46. The molecule has 1 unspecified atom stereocenters. The summed E-state index contributed by atoms with van der Waals surface area (Å²) < 4.78 is 19.8. The van der Waals surface area contributed by atoms with E-state index in [0.29, 0.717) is 22.4 Å². The smallest absolute Gasteiger partial charge is 0.258 e. The van der Waals surface area contributed by atoms with Gasteiger partial charge in [0.1, 0.15) is 5.82 Å². The van der Waals surface area contributed by atoms with Gasteiger partial charge in [-0.2, -0.15) is 4.98 Å². The van der Waals surface area contributed by atoms with E-state index in [1.807, 2.05) is 29.3 Å². The van der Waals surface area contributed by atoms with Gasteiger partial charge >= 0.3 is 0 Å². The number of anilines is 1. The zero-order chi connectivity index (χ0) is 24.0. The number of hydrogen-bond acceptors (Lipinski definition) is 5. The van der Waals surface area contributed by atoms with E-state index < -0.39 is 0 Å². The van der Waals surface area contributed by atoms with Crippen molar-refractivity contribution in [1.29, 1.82) is 0 Å². The summed E-state index contributed by atoms with van der Waals surface area (Å²) in [6, 6.07) is 14.9. The maximum atomic E-state index is 14.0. The van der Waals surface area contributed by atoms with Crippen molar-refractivity contribution in [3.63, 3.8) is 0 Å². The summed E-state index contributed by atoms with van der Waals surface area (Å²) in [6.07, 6.45) is 0. The molecule has 34 heavy (non-hydrogen) atoms. The van der Waals surface area contributed by atoms with Crippen LogP contribution < -0.4 is 10.2 Å². The second-order valence-electron chi connectivity index (χ2n) is 8.39. The van der Waals surface area contributed by atoms with E-state index in [9.17, 15) is 4.39 Å². The predicted molar refractivity (Wildman–Crippen MR) is 138 cm³/mol. The lowest BCUT2D eigenvalue weighted by atomic mass is 9.92. The van der Waals surface area contributed by atoms with Gasteiger partial charge in [-0.1, -0.05) is 29.4 Å². The third kappa shape index (κ3) is 3.93. The van der Waals surface area contributed by atoms with Crippen LogP contribution in [0.25, 0.3) is 16.3 Å². The zero-order valence-electron chi connectivity index (χ0n) is 19.2. The first-order chi connectivity index (χ1) is 16.3. The van der Waals surface area contributed by atoms with Gasteiger partial charge in [0.15, 0.2) is 5.11 Å². The van der Waals surface area contributed by atoms with Crippen LogP contribution in [0.15, 0.2) is 64.1 Å². The molecule has 0 bridgehead atoms. The summed E-state index contributed by atoms with van der Waals surface area (Å²) in [4.78, 5) is 7.56. The molecule has 2 aromatic heterocycles. The monoisotopic (exact) mass is 490 g/mol. The molecule has 8 heteroatoms. The average molecular weight is 491 g/mol. The molecule has 5 rings (SSSR count). The number of hydrogen-bond donors (Lipinski definition) is 1. The summed E-state index contributed by atoms with van der Waals surface area (Å²) >= 11 is 7.35. The second-order valence-corrected chi connectivity index (χ2v) is 9.73. The quantitative estimate of drug-likeness (QED) is 0.320. The van der Waals surface area contributed by atoms with Crippen LogP contribution in [0.4, 0.5) is 10.1 Å². The van der Waals surface area contributed by atoms with Gasteiger partial charge in [-0.25, -0.2) is 4.39 Å². The van der Waals surface area contributed by atoms with Crippen molar-refractivity contribution < 1.29 is 8.91 Å². The highest BCUT2D eigenvalue weighted by Crippen LogP contribution is 2.40. The molecule has 172 valence electrons. The number of nitrogens with one attached hydrogen (secondary N) is 1. The summed E-state index contributed by atoms with van der Waals surface area (Å²) in [5.74, 6) is 0.705. The Morgan fingerprint density at radius 1 is 1.03 bits per heavy atom. The Balaban J connectivity index is 1.68. The van der Waals surface area contributed by atoms with Crippen LogP contribution in [0, 0.1) is 26.6 Å². The zero-order valence-corrected chi connectivity index (χ0v) is 20.9. The highest BCUT2D eigenvalue weighted by atomic mass is 32.1. The van der Waals surface area contributed by atoms with E-state index in [1.165, 1.54) is 17.2 Å². The van der Waals surface area contributed by atoms with Gasteiger partial charge in [0, 0.05) is 11.4 Å². The van der Waals surface area contributed by atoms with E-state index >= 15 is 0 Å². The molecule has 3 heterocycles. The topological polar surface area (TPSA) is 54.2 Å². The summed E-state index contributed by atoms with van der Waals surface area (Å²) in [5, 5.41) is 10.2. The van der Waals surface area contributed by atoms with E-state index in [4.69, 9.17) is 21.7 Å². The fourth-order valence-electron chi connectivity index (χ4n) is 4.13. The Morgan fingerprint density at radius 2 is 1.85 bits per heavy atom. The molecule has 0 saturated heterocycles. The standard InChI is InChI=1S/C26H23FN4OS2/c1-14-7-8-18(12-15(14)2)23-22(25-29-24(30-32-25)21-6-5-11-34-21)17(4)31(26(33)28-23)19-9-10-20(27)16(3)13-19/h5-13,23H,1-4H3,(H,28,33). The lowest BCUT2D eigenvalue weighted by Gasteiger charge is -2.37. The minimum absolute atomic E-state index is 0.257. The van der Waals surface area contributed by atoms with Crippen molar-refractivity contribution >= 4 is 39.9 Å². The Labute approximate surface area is 206 Å². The Bertz CT molecular complexity index is 1420. The van der Waals surface area contributed by atoms with Crippen molar-refractivity contribution in [2.24, 2.45) is 0 Å². The van der Waals surface area contributed by atoms with Gasteiger partial charge in [-0.15, -0.1) is 11.3 Å². The molecule has 4 aromatic rings. The first-order valence-electron chi connectivity index (χ1n) is 10.9. The molecule has 1 aliphatic heterocycles. The van der Waals surface area contributed by atoms with E-state index in [0.717, 1.165) is 27.4 Å². The van der Waals surface area contributed by atoms with Gasteiger partial charge in [-0.3, -0.25) is 4.90 Å². The number of aromatic nitrogens is 2. The van der Waals surface area contributed by atoms with Crippen molar-refractivity contribution in [3.8, 4) is 10.7 Å². The molecular weight excluding hydrogens is 467 g/mol. The number of benzene rings is 2. The van der Waals surface area contributed by atoms with Crippen LogP contribution in [0.1, 0.15) is 41.1 Å². The Morgan fingerprint density at radius 3 is 2.56 bits per heavy atom.